The number of benzene rings is 3. The average Bonchev–Trinajstić information content (AvgIpc) is 2.83. The fraction of sp³-hybridized carbons (Fsp3) is 0.231. The molecule has 0 aromatic heterocycles. The van der Waals surface area contributed by atoms with Gasteiger partial charge in [0.15, 0.2) is 0 Å². The van der Waals surface area contributed by atoms with E-state index < -0.39 is 0 Å². The minimum absolute atomic E-state index is 0.203. The van der Waals surface area contributed by atoms with Crippen LogP contribution in [0.2, 0.25) is 5.02 Å². The number of piperidine rings is 1. The molecule has 3 amide bonds. The van der Waals surface area contributed by atoms with Crippen LogP contribution in [0.1, 0.15) is 35.2 Å². The van der Waals surface area contributed by atoms with Crippen LogP contribution >= 0.6 is 11.6 Å². The lowest BCUT2D eigenvalue weighted by Crippen LogP contribution is -2.31. The number of hydrogen-bond donors (Lipinski definition) is 3. The van der Waals surface area contributed by atoms with E-state index in [-0.39, 0.29) is 11.9 Å². The molecule has 3 aromatic rings. The largest absolute Gasteiger partial charge is 0.370 e. The molecule has 1 fully saturated rings. The minimum Gasteiger partial charge on any atom is -0.370 e. The first-order chi connectivity index (χ1) is 16.0. The van der Waals surface area contributed by atoms with E-state index in [2.05, 4.69) is 20.9 Å². The van der Waals surface area contributed by atoms with Crippen molar-refractivity contribution in [1.29, 1.82) is 0 Å². The van der Waals surface area contributed by atoms with Crippen LogP contribution in [0.3, 0.4) is 0 Å². The first-order valence-electron chi connectivity index (χ1n) is 11.1. The van der Waals surface area contributed by atoms with Crippen molar-refractivity contribution in [3.63, 3.8) is 0 Å². The molecule has 0 spiro atoms. The van der Waals surface area contributed by atoms with Crippen molar-refractivity contribution >= 4 is 46.3 Å². The number of halogens is 1. The van der Waals surface area contributed by atoms with Crippen molar-refractivity contribution in [3.05, 3.63) is 82.9 Å². The van der Waals surface area contributed by atoms with Crippen LogP contribution < -0.4 is 20.9 Å². The van der Waals surface area contributed by atoms with Gasteiger partial charge in [-0.05, 0) is 74.2 Å². The standard InChI is InChI=1S/C26H27ClN4O2/c1-18-10-11-20(27)16-22(18)29-26(33)30-23-17-21(28-25(32)19-8-4-2-5-9-19)12-13-24(23)31-14-6-3-7-15-31/h2,4-5,8-13,16-17H,3,6-7,14-15H2,1H3,(H,28,32)(H2,29,30,33). The van der Waals surface area contributed by atoms with Crippen LogP contribution in [0.4, 0.5) is 27.5 Å². The quantitative estimate of drug-likeness (QED) is 0.403. The smallest absolute Gasteiger partial charge is 0.323 e. The Morgan fingerprint density at radius 3 is 2.30 bits per heavy atom. The molecule has 0 saturated carbocycles. The lowest BCUT2D eigenvalue weighted by atomic mass is 10.1. The fourth-order valence-electron chi connectivity index (χ4n) is 3.92. The third-order valence-electron chi connectivity index (χ3n) is 5.68. The van der Waals surface area contributed by atoms with E-state index in [1.165, 1.54) is 6.42 Å². The Kier molecular flexibility index (Phi) is 7.15. The molecule has 4 rings (SSSR count). The van der Waals surface area contributed by atoms with Crippen LogP contribution in [0.15, 0.2) is 66.7 Å². The molecule has 0 atom stereocenters. The lowest BCUT2D eigenvalue weighted by Gasteiger charge is -2.31. The number of urea groups is 1. The molecule has 1 saturated heterocycles. The molecule has 1 heterocycles. The molecule has 0 aliphatic carbocycles. The summed E-state index contributed by atoms with van der Waals surface area (Å²) in [4.78, 5) is 27.7. The molecule has 0 bridgehead atoms. The maximum Gasteiger partial charge on any atom is 0.323 e. The summed E-state index contributed by atoms with van der Waals surface area (Å²) >= 11 is 6.09. The van der Waals surface area contributed by atoms with Gasteiger partial charge in [0.1, 0.15) is 0 Å². The van der Waals surface area contributed by atoms with Crippen LogP contribution in [0.5, 0.6) is 0 Å². The molecular weight excluding hydrogens is 436 g/mol. The van der Waals surface area contributed by atoms with E-state index in [1.54, 1.807) is 30.3 Å². The SMILES string of the molecule is Cc1ccc(Cl)cc1NC(=O)Nc1cc(NC(=O)c2ccccc2)ccc1N1CCCCC1. The van der Waals surface area contributed by atoms with Gasteiger partial charge in [-0.15, -0.1) is 0 Å². The Morgan fingerprint density at radius 1 is 0.818 bits per heavy atom. The van der Waals surface area contributed by atoms with Gasteiger partial charge in [-0.1, -0.05) is 35.9 Å². The van der Waals surface area contributed by atoms with Gasteiger partial charge in [-0.2, -0.15) is 0 Å². The van der Waals surface area contributed by atoms with Crippen molar-refractivity contribution in [2.45, 2.75) is 26.2 Å². The molecule has 3 aromatic carbocycles. The highest BCUT2D eigenvalue weighted by molar-refractivity contribution is 6.31. The number of nitrogens with one attached hydrogen (secondary N) is 3. The van der Waals surface area contributed by atoms with Crippen LogP contribution in [0.25, 0.3) is 0 Å². The first-order valence-corrected chi connectivity index (χ1v) is 11.5. The molecule has 1 aliphatic rings. The van der Waals surface area contributed by atoms with Gasteiger partial charge in [0.05, 0.1) is 11.4 Å². The molecule has 6 nitrogen and oxygen atoms in total. The maximum atomic E-state index is 12.9. The number of carbonyl (C=O) groups is 2. The van der Waals surface area contributed by atoms with Crippen molar-refractivity contribution in [1.82, 2.24) is 0 Å². The van der Waals surface area contributed by atoms with Gasteiger partial charge in [0.2, 0.25) is 0 Å². The van der Waals surface area contributed by atoms with E-state index in [4.69, 9.17) is 11.6 Å². The Hall–Kier alpha value is -3.51. The van der Waals surface area contributed by atoms with Crippen molar-refractivity contribution in [3.8, 4) is 0 Å². The van der Waals surface area contributed by atoms with E-state index in [0.29, 0.717) is 27.6 Å². The lowest BCUT2D eigenvalue weighted by molar-refractivity contribution is 0.102. The van der Waals surface area contributed by atoms with Crippen LogP contribution in [0, 0.1) is 6.92 Å². The molecule has 0 radical (unpaired) electrons. The van der Waals surface area contributed by atoms with Gasteiger partial charge in [-0.25, -0.2) is 4.79 Å². The minimum atomic E-state index is -0.370. The zero-order chi connectivity index (χ0) is 23.2. The third kappa shape index (κ3) is 5.84. The summed E-state index contributed by atoms with van der Waals surface area (Å²) in [5.74, 6) is -0.203. The van der Waals surface area contributed by atoms with Crippen molar-refractivity contribution in [2.24, 2.45) is 0 Å². The maximum absolute atomic E-state index is 12.9. The Labute approximate surface area is 198 Å². The number of amides is 3. The predicted octanol–water partition coefficient (Wildman–Crippen LogP) is 6.54. The highest BCUT2D eigenvalue weighted by atomic mass is 35.5. The second kappa shape index (κ2) is 10.4. The van der Waals surface area contributed by atoms with Gasteiger partial charge in [0, 0.05) is 35.1 Å². The zero-order valence-electron chi connectivity index (χ0n) is 18.5. The number of hydrogen-bond acceptors (Lipinski definition) is 3. The molecule has 33 heavy (non-hydrogen) atoms. The average molecular weight is 463 g/mol. The second-order valence-corrected chi connectivity index (χ2v) is 8.57. The molecule has 3 N–H and O–H groups in total. The van der Waals surface area contributed by atoms with E-state index >= 15 is 0 Å². The highest BCUT2D eigenvalue weighted by Gasteiger charge is 2.18. The Morgan fingerprint density at radius 2 is 1.55 bits per heavy atom. The zero-order valence-corrected chi connectivity index (χ0v) is 19.3. The molecular formula is C26H27ClN4O2. The highest BCUT2D eigenvalue weighted by Crippen LogP contribution is 2.32. The summed E-state index contributed by atoms with van der Waals surface area (Å²) in [7, 11) is 0. The molecule has 7 heteroatoms. The van der Waals surface area contributed by atoms with Gasteiger partial charge in [-0.3, -0.25) is 4.79 Å². The predicted molar refractivity (Wildman–Crippen MR) is 136 cm³/mol. The molecule has 1 aliphatic heterocycles. The summed E-state index contributed by atoms with van der Waals surface area (Å²) in [6.07, 6.45) is 3.43. The normalized spacial score (nSPS) is 13.3. The van der Waals surface area contributed by atoms with E-state index in [9.17, 15) is 9.59 Å². The summed E-state index contributed by atoms with van der Waals surface area (Å²) in [5, 5.41) is 9.32. The summed E-state index contributed by atoms with van der Waals surface area (Å²) < 4.78 is 0. The Bertz CT molecular complexity index is 1140. The van der Waals surface area contributed by atoms with Crippen molar-refractivity contribution in [2.75, 3.05) is 33.9 Å². The number of rotatable bonds is 5. The molecule has 170 valence electrons. The number of anilines is 4. The summed E-state index contributed by atoms with van der Waals surface area (Å²) in [6, 6.07) is 19.7. The fourth-order valence-corrected chi connectivity index (χ4v) is 4.09. The summed E-state index contributed by atoms with van der Waals surface area (Å²) in [5.41, 5.74) is 4.31. The van der Waals surface area contributed by atoms with E-state index in [1.807, 2.05) is 43.3 Å². The Balaban J connectivity index is 1.57. The summed E-state index contributed by atoms with van der Waals surface area (Å²) in [6.45, 7) is 3.77. The second-order valence-electron chi connectivity index (χ2n) is 8.14. The number of nitrogens with zero attached hydrogens (tertiary/aromatic N) is 1. The van der Waals surface area contributed by atoms with Crippen molar-refractivity contribution < 1.29 is 9.59 Å². The monoisotopic (exact) mass is 462 g/mol. The van der Waals surface area contributed by atoms with Gasteiger partial charge in [0.25, 0.3) is 5.91 Å². The number of carbonyl (C=O) groups excluding carboxylic acids is 2. The number of aryl methyl sites for hydroxylation is 1. The van der Waals surface area contributed by atoms with Gasteiger partial charge < -0.3 is 20.9 Å². The first kappa shape index (κ1) is 22.7. The van der Waals surface area contributed by atoms with Gasteiger partial charge >= 0.3 is 6.03 Å². The topological polar surface area (TPSA) is 73.5 Å². The molecule has 0 unspecified atom stereocenters. The van der Waals surface area contributed by atoms with Crippen LogP contribution in [-0.2, 0) is 0 Å². The van der Waals surface area contributed by atoms with E-state index in [0.717, 1.165) is 37.2 Å². The third-order valence-corrected chi connectivity index (χ3v) is 5.92. The van der Waals surface area contributed by atoms with Crippen LogP contribution in [-0.4, -0.2) is 25.0 Å².